The Balaban J connectivity index is 2.71. The molecule has 6 heteroatoms. The third-order valence-electron chi connectivity index (χ3n) is 1.92. The summed E-state index contributed by atoms with van der Waals surface area (Å²) < 4.78 is 2.69. The van der Waals surface area contributed by atoms with Crippen molar-refractivity contribution in [3.63, 3.8) is 0 Å². The molecule has 0 saturated carbocycles. The van der Waals surface area contributed by atoms with Crippen LogP contribution in [0.5, 0.6) is 0 Å². The fraction of sp³-hybridized carbons (Fsp3) is 0.556. The van der Waals surface area contributed by atoms with Gasteiger partial charge in [0.2, 0.25) is 0 Å². The lowest BCUT2D eigenvalue weighted by molar-refractivity contribution is 0.377. The zero-order chi connectivity index (χ0) is 11.4. The molecule has 0 N–H and O–H groups in total. The second kappa shape index (κ2) is 5.77. The molecule has 15 heavy (non-hydrogen) atoms. The zero-order valence-electron chi connectivity index (χ0n) is 8.70. The minimum Gasteiger partial charge on any atom is -0.309 e. The Labute approximate surface area is 106 Å². The van der Waals surface area contributed by atoms with E-state index in [0.29, 0.717) is 15.5 Å². The molecule has 0 bridgehead atoms. The van der Waals surface area contributed by atoms with Gasteiger partial charge in [-0.3, -0.25) is 4.79 Å². The van der Waals surface area contributed by atoms with E-state index in [4.69, 9.17) is 0 Å². The van der Waals surface area contributed by atoms with E-state index in [1.54, 1.807) is 6.20 Å². The lowest BCUT2D eigenvalue weighted by Crippen LogP contribution is -2.25. The smallest absolute Gasteiger partial charge is 0.282 e. The highest BCUT2D eigenvalue weighted by molar-refractivity contribution is 9.13. The van der Waals surface area contributed by atoms with Crippen LogP contribution in [0.1, 0.15) is 6.42 Å². The maximum atomic E-state index is 11.7. The molecule has 0 aliphatic carbocycles. The zero-order valence-corrected chi connectivity index (χ0v) is 11.9. The highest BCUT2D eigenvalue weighted by atomic mass is 79.9. The van der Waals surface area contributed by atoms with E-state index >= 15 is 0 Å². The van der Waals surface area contributed by atoms with E-state index in [9.17, 15) is 4.79 Å². The van der Waals surface area contributed by atoms with Crippen LogP contribution in [0.3, 0.4) is 0 Å². The van der Waals surface area contributed by atoms with Crippen molar-refractivity contribution in [1.29, 1.82) is 0 Å². The molecule has 0 amide bonds. The number of hydrogen-bond acceptors (Lipinski definition) is 3. The number of aromatic nitrogens is 2. The van der Waals surface area contributed by atoms with Crippen LogP contribution in [-0.2, 0) is 6.54 Å². The molecule has 0 aliphatic rings. The molecular weight excluding hydrogens is 326 g/mol. The summed E-state index contributed by atoms with van der Waals surface area (Å²) in [7, 11) is 4.02. The first kappa shape index (κ1) is 12.9. The minimum absolute atomic E-state index is 0.0943. The molecule has 0 unspecified atom stereocenters. The molecule has 1 rings (SSSR count). The monoisotopic (exact) mass is 337 g/mol. The molecule has 0 aliphatic heterocycles. The number of hydrogen-bond donors (Lipinski definition) is 0. The lowest BCUT2D eigenvalue weighted by Gasteiger charge is -2.10. The van der Waals surface area contributed by atoms with Crippen LogP contribution in [0.15, 0.2) is 19.9 Å². The van der Waals surface area contributed by atoms with Crippen molar-refractivity contribution in [2.75, 3.05) is 20.6 Å². The Kier molecular flexibility index (Phi) is 4.95. The highest BCUT2D eigenvalue weighted by Gasteiger charge is 2.05. The van der Waals surface area contributed by atoms with Gasteiger partial charge in [-0.1, -0.05) is 0 Å². The molecule has 1 aromatic heterocycles. The van der Waals surface area contributed by atoms with Gasteiger partial charge in [0, 0.05) is 6.54 Å². The lowest BCUT2D eigenvalue weighted by atomic mass is 10.4. The summed E-state index contributed by atoms with van der Waals surface area (Å²) in [5.41, 5.74) is -0.0943. The van der Waals surface area contributed by atoms with Crippen LogP contribution < -0.4 is 5.56 Å². The van der Waals surface area contributed by atoms with Crippen molar-refractivity contribution >= 4 is 31.9 Å². The van der Waals surface area contributed by atoms with Crippen molar-refractivity contribution in [3.8, 4) is 0 Å². The SMILES string of the molecule is CN(C)CCCn1ncc(Br)c(Br)c1=O. The number of nitrogens with zero attached hydrogens (tertiary/aromatic N) is 3. The van der Waals surface area contributed by atoms with E-state index in [1.807, 2.05) is 14.1 Å². The largest absolute Gasteiger partial charge is 0.309 e. The van der Waals surface area contributed by atoms with Crippen molar-refractivity contribution in [1.82, 2.24) is 14.7 Å². The Hall–Kier alpha value is -0.200. The van der Waals surface area contributed by atoms with Crippen molar-refractivity contribution in [3.05, 3.63) is 25.5 Å². The first-order valence-corrected chi connectivity index (χ1v) is 6.17. The summed E-state index contributed by atoms with van der Waals surface area (Å²) in [6.45, 7) is 1.59. The van der Waals surface area contributed by atoms with E-state index in [2.05, 4.69) is 41.9 Å². The van der Waals surface area contributed by atoms with Crippen molar-refractivity contribution in [2.45, 2.75) is 13.0 Å². The van der Waals surface area contributed by atoms with E-state index < -0.39 is 0 Å². The summed E-state index contributed by atoms with van der Waals surface area (Å²) in [6.07, 6.45) is 2.54. The number of rotatable bonds is 4. The average molecular weight is 339 g/mol. The van der Waals surface area contributed by atoms with Crippen LogP contribution in [0.4, 0.5) is 0 Å². The summed E-state index contributed by atoms with van der Waals surface area (Å²) in [5.74, 6) is 0. The molecule has 4 nitrogen and oxygen atoms in total. The molecule has 1 heterocycles. The van der Waals surface area contributed by atoms with Gasteiger partial charge in [-0.25, -0.2) is 4.68 Å². The van der Waals surface area contributed by atoms with E-state index in [-0.39, 0.29) is 5.56 Å². The Morgan fingerprint density at radius 2 is 2.13 bits per heavy atom. The van der Waals surface area contributed by atoms with Gasteiger partial charge in [0.25, 0.3) is 5.56 Å². The summed E-state index contributed by atoms with van der Waals surface area (Å²) >= 11 is 6.46. The van der Waals surface area contributed by atoms with Crippen molar-refractivity contribution < 1.29 is 0 Å². The summed E-state index contributed by atoms with van der Waals surface area (Å²) in [5, 5.41) is 4.04. The molecule has 0 spiro atoms. The van der Waals surface area contributed by atoms with Crippen molar-refractivity contribution in [2.24, 2.45) is 0 Å². The molecular formula is C9H13Br2N3O. The molecule has 0 fully saturated rings. The fourth-order valence-corrected chi connectivity index (χ4v) is 1.71. The molecule has 0 aromatic carbocycles. The number of aryl methyl sites for hydroxylation is 1. The van der Waals surface area contributed by atoms with Gasteiger partial charge < -0.3 is 4.90 Å². The standard InChI is InChI=1S/C9H13Br2N3O/c1-13(2)4-3-5-14-9(15)8(11)7(10)6-12-14/h6H,3-5H2,1-2H3. The summed E-state index contributed by atoms with van der Waals surface area (Å²) in [6, 6.07) is 0. The molecule has 0 radical (unpaired) electrons. The predicted molar refractivity (Wildman–Crippen MR) is 67.1 cm³/mol. The van der Waals surface area contributed by atoms with Crippen LogP contribution in [-0.4, -0.2) is 35.3 Å². The van der Waals surface area contributed by atoms with Gasteiger partial charge in [0.05, 0.1) is 10.7 Å². The van der Waals surface area contributed by atoms with Crippen LogP contribution in [0.25, 0.3) is 0 Å². The van der Waals surface area contributed by atoms with Gasteiger partial charge in [-0.15, -0.1) is 0 Å². The van der Waals surface area contributed by atoms with Crippen LogP contribution >= 0.6 is 31.9 Å². The average Bonchev–Trinajstić information content (AvgIpc) is 2.18. The maximum absolute atomic E-state index is 11.7. The van der Waals surface area contributed by atoms with Gasteiger partial charge in [0.1, 0.15) is 4.47 Å². The Morgan fingerprint density at radius 3 is 2.73 bits per heavy atom. The quantitative estimate of drug-likeness (QED) is 0.839. The van der Waals surface area contributed by atoms with E-state index in [0.717, 1.165) is 13.0 Å². The van der Waals surface area contributed by atoms with E-state index in [1.165, 1.54) is 4.68 Å². The van der Waals surface area contributed by atoms with Gasteiger partial charge in [-0.05, 0) is 58.9 Å². The van der Waals surface area contributed by atoms with Gasteiger partial charge >= 0.3 is 0 Å². The molecule has 84 valence electrons. The van der Waals surface area contributed by atoms with Crippen LogP contribution in [0.2, 0.25) is 0 Å². The number of halogens is 2. The highest BCUT2D eigenvalue weighted by Crippen LogP contribution is 2.16. The fourth-order valence-electron chi connectivity index (χ4n) is 1.14. The first-order chi connectivity index (χ1) is 7.02. The van der Waals surface area contributed by atoms with Gasteiger partial charge in [-0.2, -0.15) is 5.10 Å². The topological polar surface area (TPSA) is 38.1 Å². The molecule has 0 atom stereocenters. The third-order valence-corrected chi connectivity index (χ3v) is 3.82. The van der Waals surface area contributed by atoms with Crippen LogP contribution in [0, 0.1) is 0 Å². The normalized spacial score (nSPS) is 11.0. The first-order valence-electron chi connectivity index (χ1n) is 4.58. The summed E-state index contributed by atoms with van der Waals surface area (Å²) in [4.78, 5) is 13.8. The predicted octanol–water partition coefficient (Wildman–Crippen LogP) is 1.72. The Morgan fingerprint density at radius 1 is 1.47 bits per heavy atom. The minimum atomic E-state index is -0.0943. The second-order valence-corrected chi connectivity index (χ2v) is 5.14. The molecule has 0 saturated heterocycles. The third kappa shape index (κ3) is 3.70. The second-order valence-electron chi connectivity index (χ2n) is 3.49. The maximum Gasteiger partial charge on any atom is 0.282 e. The van der Waals surface area contributed by atoms with Gasteiger partial charge in [0.15, 0.2) is 0 Å². The molecule has 1 aromatic rings. The Bertz CT molecular complexity index is 389.